The Kier molecular flexibility index (Phi) is 4.11. The van der Waals surface area contributed by atoms with E-state index in [0.29, 0.717) is 16.0 Å². The molecule has 1 N–H and O–H groups in total. The lowest BCUT2D eigenvalue weighted by atomic mass is 10.0. The van der Waals surface area contributed by atoms with Crippen LogP contribution in [-0.4, -0.2) is 0 Å². The molecule has 0 radical (unpaired) electrons. The summed E-state index contributed by atoms with van der Waals surface area (Å²) in [5.41, 5.74) is 2.16. The van der Waals surface area contributed by atoms with Crippen LogP contribution in [0, 0.1) is 5.92 Å². The summed E-state index contributed by atoms with van der Waals surface area (Å²) in [4.78, 5) is 0. The number of hydrogen-bond acceptors (Lipinski definition) is 1. The zero-order valence-corrected chi connectivity index (χ0v) is 13.0. The summed E-state index contributed by atoms with van der Waals surface area (Å²) in [6.07, 6.45) is 2.48. The molecule has 104 valence electrons. The lowest BCUT2D eigenvalue weighted by Crippen LogP contribution is -2.13. The van der Waals surface area contributed by atoms with Crippen molar-refractivity contribution in [3.05, 3.63) is 63.1 Å². The average molecular weight is 327 g/mol. The summed E-state index contributed by atoms with van der Waals surface area (Å²) in [7, 11) is 0. The SMILES string of the molecule is Clc1ccc(C(Nc2ccc(Cl)cc2Cl)C2CC2)cc1. The standard InChI is InChI=1S/C16H14Cl3N/c17-12-5-3-11(4-6-12)16(10-1-2-10)20-15-8-7-13(18)9-14(15)19/h3-10,16,20H,1-2H2. The predicted molar refractivity (Wildman–Crippen MR) is 87.0 cm³/mol. The smallest absolute Gasteiger partial charge is 0.0652 e. The molecule has 1 saturated carbocycles. The van der Waals surface area contributed by atoms with Gasteiger partial charge < -0.3 is 5.32 Å². The van der Waals surface area contributed by atoms with Crippen molar-refractivity contribution in [1.29, 1.82) is 0 Å². The molecule has 0 amide bonds. The first-order valence-electron chi connectivity index (χ1n) is 6.60. The quantitative estimate of drug-likeness (QED) is 0.704. The van der Waals surface area contributed by atoms with Gasteiger partial charge in [0.15, 0.2) is 0 Å². The van der Waals surface area contributed by atoms with Crippen molar-refractivity contribution in [2.24, 2.45) is 5.92 Å². The van der Waals surface area contributed by atoms with Gasteiger partial charge in [-0.25, -0.2) is 0 Å². The minimum absolute atomic E-state index is 0.269. The second kappa shape index (κ2) is 5.85. The van der Waals surface area contributed by atoms with E-state index in [-0.39, 0.29) is 6.04 Å². The maximum atomic E-state index is 6.24. The van der Waals surface area contributed by atoms with Crippen LogP contribution in [-0.2, 0) is 0 Å². The van der Waals surface area contributed by atoms with Crippen LogP contribution in [0.5, 0.6) is 0 Å². The molecule has 0 aliphatic heterocycles. The molecule has 2 aromatic rings. The van der Waals surface area contributed by atoms with Gasteiger partial charge in [0.05, 0.1) is 16.8 Å². The second-order valence-corrected chi connectivity index (χ2v) is 6.42. The van der Waals surface area contributed by atoms with E-state index in [1.165, 1.54) is 18.4 Å². The van der Waals surface area contributed by atoms with Crippen LogP contribution in [0.1, 0.15) is 24.4 Å². The van der Waals surface area contributed by atoms with Crippen molar-refractivity contribution in [1.82, 2.24) is 0 Å². The fourth-order valence-corrected chi connectivity index (χ4v) is 2.94. The molecule has 0 saturated heterocycles. The van der Waals surface area contributed by atoms with Crippen LogP contribution in [0.3, 0.4) is 0 Å². The molecule has 0 spiro atoms. The Morgan fingerprint density at radius 2 is 1.55 bits per heavy atom. The average Bonchev–Trinajstić information content (AvgIpc) is 3.24. The highest BCUT2D eigenvalue weighted by molar-refractivity contribution is 6.36. The van der Waals surface area contributed by atoms with E-state index in [4.69, 9.17) is 34.8 Å². The van der Waals surface area contributed by atoms with Gasteiger partial charge in [-0.3, -0.25) is 0 Å². The molecule has 1 aliphatic carbocycles. The summed E-state index contributed by atoms with van der Waals surface area (Å²) >= 11 is 18.1. The van der Waals surface area contributed by atoms with E-state index in [9.17, 15) is 0 Å². The van der Waals surface area contributed by atoms with Crippen molar-refractivity contribution in [2.45, 2.75) is 18.9 Å². The van der Waals surface area contributed by atoms with Crippen LogP contribution in [0.2, 0.25) is 15.1 Å². The van der Waals surface area contributed by atoms with Crippen molar-refractivity contribution in [2.75, 3.05) is 5.32 Å². The van der Waals surface area contributed by atoms with Gasteiger partial charge in [-0.05, 0) is 54.7 Å². The van der Waals surface area contributed by atoms with Crippen molar-refractivity contribution in [3.8, 4) is 0 Å². The summed E-state index contributed by atoms with van der Waals surface area (Å²) in [6.45, 7) is 0. The third-order valence-corrected chi connectivity index (χ3v) is 4.36. The Morgan fingerprint density at radius 3 is 2.15 bits per heavy atom. The van der Waals surface area contributed by atoms with Gasteiger partial charge >= 0.3 is 0 Å². The fourth-order valence-electron chi connectivity index (χ4n) is 2.35. The lowest BCUT2D eigenvalue weighted by molar-refractivity contribution is 0.679. The highest BCUT2D eigenvalue weighted by Gasteiger charge is 2.32. The molecule has 4 heteroatoms. The summed E-state index contributed by atoms with van der Waals surface area (Å²) in [5, 5.41) is 5.59. The molecular weight excluding hydrogens is 313 g/mol. The van der Waals surface area contributed by atoms with Crippen LogP contribution in [0.25, 0.3) is 0 Å². The van der Waals surface area contributed by atoms with Crippen molar-refractivity contribution in [3.63, 3.8) is 0 Å². The van der Waals surface area contributed by atoms with Crippen LogP contribution < -0.4 is 5.32 Å². The van der Waals surface area contributed by atoms with E-state index < -0.39 is 0 Å². The Labute approximate surface area is 133 Å². The summed E-state index contributed by atoms with van der Waals surface area (Å²) in [5.74, 6) is 0.655. The third-order valence-electron chi connectivity index (χ3n) is 3.56. The van der Waals surface area contributed by atoms with Gasteiger partial charge in [0.1, 0.15) is 0 Å². The van der Waals surface area contributed by atoms with Crippen molar-refractivity contribution < 1.29 is 0 Å². The highest BCUT2D eigenvalue weighted by atomic mass is 35.5. The zero-order chi connectivity index (χ0) is 14.1. The number of rotatable bonds is 4. The highest BCUT2D eigenvalue weighted by Crippen LogP contribution is 2.44. The maximum absolute atomic E-state index is 6.24. The predicted octanol–water partition coefficient (Wildman–Crippen LogP) is 6.21. The Morgan fingerprint density at radius 1 is 0.900 bits per heavy atom. The number of anilines is 1. The molecule has 1 nitrogen and oxygen atoms in total. The molecule has 1 atom stereocenters. The summed E-state index contributed by atoms with van der Waals surface area (Å²) in [6, 6.07) is 13.8. The lowest BCUT2D eigenvalue weighted by Gasteiger charge is -2.21. The van der Waals surface area contributed by atoms with Crippen LogP contribution >= 0.6 is 34.8 Å². The normalized spacial score (nSPS) is 15.9. The molecule has 0 heterocycles. The van der Waals surface area contributed by atoms with Gasteiger partial charge in [-0.1, -0.05) is 46.9 Å². The minimum Gasteiger partial charge on any atom is -0.377 e. The van der Waals surface area contributed by atoms with E-state index in [0.717, 1.165) is 10.7 Å². The van der Waals surface area contributed by atoms with Gasteiger partial charge in [-0.15, -0.1) is 0 Å². The molecule has 1 unspecified atom stereocenters. The fraction of sp³-hybridized carbons (Fsp3) is 0.250. The van der Waals surface area contributed by atoms with Gasteiger partial charge in [0.25, 0.3) is 0 Å². The molecule has 3 rings (SSSR count). The first-order valence-corrected chi connectivity index (χ1v) is 7.74. The van der Waals surface area contributed by atoms with Gasteiger partial charge in [0, 0.05) is 10.0 Å². The molecule has 20 heavy (non-hydrogen) atoms. The second-order valence-electron chi connectivity index (χ2n) is 5.14. The van der Waals surface area contributed by atoms with E-state index in [1.807, 2.05) is 24.3 Å². The molecule has 0 aromatic heterocycles. The van der Waals surface area contributed by atoms with E-state index >= 15 is 0 Å². The molecule has 2 aromatic carbocycles. The van der Waals surface area contributed by atoms with Crippen LogP contribution in [0.15, 0.2) is 42.5 Å². The zero-order valence-electron chi connectivity index (χ0n) is 10.7. The Hall–Kier alpha value is -0.890. The van der Waals surface area contributed by atoms with E-state index in [1.54, 1.807) is 6.07 Å². The number of benzene rings is 2. The molecule has 0 bridgehead atoms. The topological polar surface area (TPSA) is 12.0 Å². The molecule has 1 aliphatic rings. The number of hydrogen-bond donors (Lipinski definition) is 1. The molecule has 1 fully saturated rings. The Bertz CT molecular complexity index is 606. The maximum Gasteiger partial charge on any atom is 0.0652 e. The Balaban J connectivity index is 1.86. The largest absolute Gasteiger partial charge is 0.377 e. The summed E-state index contributed by atoms with van der Waals surface area (Å²) < 4.78 is 0. The van der Waals surface area contributed by atoms with E-state index in [2.05, 4.69) is 17.4 Å². The van der Waals surface area contributed by atoms with Crippen molar-refractivity contribution >= 4 is 40.5 Å². The molecular formula is C16H14Cl3N. The monoisotopic (exact) mass is 325 g/mol. The first-order chi connectivity index (χ1) is 9.63. The minimum atomic E-state index is 0.269. The van der Waals surface area contributed by atoms with Gasteiger partial charge in [-0.2, -0.15) is 0 Å². The third kappa shape index (κ3) is 3.22. The first kappa shape index (κ1) is 14.1. The number of halogens is 3. The number of nitrogens with one attached hydrogen (secondary N) is 1. The van der Waals surface area contributed by atoms with Crippen LogP contribution in [0.4, 0.5) is 5.69 Å². The van der Waals surface area contributed by atoms with Gasteiger partial charge in [0.2, 0.25) is 0 Å².